The van der Waals surface area contributed by atoms with E-state index in [2.05, 4.69) is 13.1 Å². The van der Waals surface area contributed by atoms with E-state index in [9.17, 15) is 4.39 Å². The van der Waals surface area contributed by atoms with Gasteiger partial charge < -0.3 is 0 Å². The van der Waals surface area contributed by atoms with Crippen molar-refractivity contribution in [3.05, 3.63) is 30.1 Å². The molecule has 1 aromatic rings. The van der Waals surface area contributed by atoms with E-state index in [1.165, 1.54) is 17.3 Å². The second-order valence-corrected chi connectivity index (χ2v) is 5.08. The Labute approximate surface area is 67.0 Å². The van der Waals surface area contributed by atoms with Crippen molar-refractivity contribution >= 4 is 14.0 Å². The minimum atomic E-state index is -0.395. The zero-order valence-corrected chi connectivity index (χ0v) is 7.60. The Hall–Kier alpha value is -0.703. The van der Waals surface area contributed by atoms with Crippen molar-refractivity contribution in [2.75, 3.05) is 0 Å². The van der Waals surface area contributed by atoms with Gasteiger partial charge in [0.1, 0.15) is 5.82 Å². The average molecular weight is 173 g/mol. The summed E-state index contributed by atoms with van der Waals surface area (Å²) in [6, 6.07) is 6.77. The maximum Gasteiger partial charge on any atom is 0.123 e. The first kappa shape index (κ1) is 10.3. The van der Waals surface area contributed by atoms with Crippen LogP contribution in [0.3, 0.4) is 0 Å². The first-order valence-electron chi connectivity index (χ1n) is 3.26. The summed E-state index contributed by atoms with van der Waals surface area (Å²) in [5.41, 5.74) is 0. The van der Waals surface area contributed by atoms with E-state index >= 15 is 0 Å². The summed E-state index contributed by atoms with van der Waals surface area (Å²) in [4.78, 5) is 0. The Morgan fingerprint density at radius 1 is 1.09 bits per heavy atom. The zero-order valence-electron chi connectivity index (χ0n) is 6.60. The second-order valence-electron chi connectivity index (χ2n) is 2.51. The fourth-order valence-electron chi connectivity index (χ4n) is 0.783. The molecule has 0 unspecified atom stereocenters. The molecule has 0 N–H and O–H groups in total. The summed E-state index contributed by atoms with van der Waals surface area (Å²) < 4.78 is 12.4. The van der Waals surface area contributed by atoms with Crippen LogP contribution in [0.4, 0.5) is 9.09 Å². The van der Waals surface area contributed by atoms with Crippen LogP contribution in [0.5, 0.6) is 0 Å². The molecular formula is C8H11F2Si. The summed E-state index contributed by atoms with van der Waals surface area (Å²) in [7, 11) is -0.395. The van der Waals surface area contributed by atoms with Gasteiger partial charge in [-0.15, -0.1) is 0 Å². The van der Waals surface area contributed by atoms with Gasteiger partial charge in [0, 0.05) is 0 Å². The highest BCUT2D eigenvalue weighted by molar-refractivity contribution is 6.70. The van der Waals surface area contributed by atoms with Gasteiger partial charge in [0.25, 0.3) is 0 Å². The van der Waals surface area contributed by atoms with E-state index in [1.807, 2.05) is 12.1 Å². The molecule has 0 heterocycles. The maximum atomic E-state index is 12.4. The fraction of sp³-hybridized carbons (Fsp3) is 0.250. The van der Waals surface area contributed by atoms with Gasteiger partial charge in [0.15, 0.2) is 0 Å². The quantitative estimate of drug-likeness (QED) is 0.569. The Kier molecular flexibility index (Phi) is 3.96. The van der Waals surface area contributed by atoms with Gasteiger partial charge >= 0.3 is 0 Å². The van der Waals surface area contributed by atoms with Crippen molar-refractivity contribution in [1.29, 1.82) is 0 Å². The molecule has 3 heteroatoms. The predicted octanol–water partition coefficient (Wildman–Crippen LogP) is 1.94. The van der Waals surface area contributed by atoms with Crippen LogP contribution < -0.4 is 5.19 Å². The summed E-state index contributed by atoms with van der Waals surface area (Å²) in [5, 5.41) is 1.28. The smallest absolute Gasteiger partial charge is 0.123 e. The molecule has 0 aliphatic rings. The number of halogens is 2. The van der Waals surface area contributed by atoms with Gasteiger partial charge in [-0.25, -0.2) is 4.39 Å². The normalized spacial score (nSPS) is 9.45. The van der Waals surface area contributed by atoms with E-state index in [4.69, 9.17) is 0 Å². The second kappa shape index (κ2) is 4.23. The molecule has 11 heavy (non-hydrogen) atoms. The molecule has 0 nitrogen and oxygen atoms in total. The third-order valence-electron chi connectivity index (χ3n) is 1.42. The van der Waals surface area contributed by atoms with Crippen LogP contribution in [-0.4, -0.2) is 8.80 Å². The number of rotatable bonds is 1. The Bertz CT molecular complexity index is 206. The van der Waals surface area contributed by atoms with Gasteiger partial charge in [-0.2, -0.15) is 0 Å². The first-order valence-corrected chi connectivity index (χ1v) is 5.76. The van der Waals surface area contributed by atoms with Crippen LogP contribution in [0.15, 0.2) is 24.3 Å². The van der Waals surface area contributed by atoms with Crippen molar-refractivity contribution in [3.63, 3.8) is 0 Å². The number of hydrogen-bond donors (Lipinski definition) is 0. The molecule has 0 aromatic heterocycles. The summed E-state index contributed by atoms with van der Waals surface area (Å²) in [6.07, 6.45) is 0. The first-order chi connectivity index (χ1) is 4.70. The van der Waals surface area contributed by atoms with Crippen molar-refractivity contribution in [2.45, 2.75) is 13.1 Å². The molecule has 0 amide bonds. The molecule has 0 spiro atoms. The Morgan fingerprint density at radius 2 is 1.55 bits per heavy atom. The SMILES string of the molecule is C[Si](C)c1ccc(F)cc1.F. The van der Waals surface area contributed by atoms with Gasteiger partial charge in [0.2, 0.25) is 0 Å². The van der Waals surface area contributed by atoms with Crippen molar-refractivity contribution in [1.82, 2.24) is 0 Å². The van der Waals surface area contributed by atoms with E-state index < -0.39 is 8.80 Å². The van der Waals surface area contributed by atoms with Crippen LogP contribution in [0.25, 0.3) is 0 Å². The molecule has 0 fully saturated rings. The lowest BCUT2D eigenvalue weighted by atomic mass is 10.3. The third kappa shape index (κ3) is 2.80. The van der Waals surface area contributed by atoms with E-state index in [-0.39, 0.29) is 10.5 Å². The van der Waals surface area contributed by atoms with Crippen LogP contribution in [0.1, 0.15) is 0 Å². The molecule has 0 atom stereocenters. The van der Waals surface area contributed by atoms with Crippen LogP contribution >= 0.6 is 0 Å². The van der Waals surface area contributed by atoms with Gasteiger partial charge in [-0.05, 0) is 12.1 Å². The lowest BCUT2D eigenvalue weighted by molar-refractivity contribution is 0.628. The highest BCUT2D eigenvalue weighted by Gasteiger charge is 1.98. The van der Waals surface area contributed by atoms with E-state index in [0.717, 1.165) is 0 Å². The Morgan fingerprint density at radius 3 is 1.91 bits per heavy atom. The molecule has 0 aliphatic heterocycles. The molecule has 1 radical (unpaired) electrons. The van der Waals surface area contributed by atoms with Gasteiger partial charge in [0.05, 0.1) is 8.80 Å². The number of benzene rings is 1. The molecular weight excluding hydrogens is 162 g/mol. The molecule has 61 valence electrons. The van der Waals surface area contributed by atoms with Crippen molar-refractivity contribution in [2.24, 2.45) is 0 Å². The minimum Gasteiger partial charge on any atom is -0.269 e. The topological polar surface area (TPSA) is 0 Å². The molecule has 0 aliphatic carbocycles. The van der Waals surface area contributed by atoms with Crippen molar-refractivity contribution in [3.8, 4) is 0 Å². The zero-order chi connectivity index (χ0) is 7.56. The minimum absolute atomic E-state index is 0. The summed E-state index contributed by atoms with van der Waals surface area (Å²) >= 11 is 0. The molecule has 1 rings (SSSR count). The summed E-state index contributed by atoms with van der Waals surface area (Å²) in [6.45, 7) is 4.38. The van der Waals surface area contributed by atoms with Crippen molar-refractivity contribution < 1.29 is 9.09 Å². The Balaban J connectivity index is 0.000001000. The third-order valence-corrected chi connectivity index (χ3v) is 2.91. The van der Waals surface area contributed by atoms with Crippen LogP contribution in [0.2, 0.25) is 13.1 Å². The largest absolute Gasteiger partial charge is 0.269 e. The maximum absolute atomic E-state index is 12.4. The van der Waals surface area contributed by atoms with Crippen LogP contribution in [0, 0.1) is 5.82 Å². The van der Waals surface area contributed by atoms with E-state index in [0.29, 0.717) is 0 Å². The lowest BCUT2D eigenvalue weighted by Gasteiger charge is -2.00. The molecule has 1 aromatic carbocycles. The predicted molar refractivity (Wildman–Crippen MR) is 46.0 cm³/mol. The van der Waals surface area contributed by atoms with Crippen LogP contribution in [-0.2, 0) is 0 Å². The van der Waals surface area contributed by atoms with Gasteiger partial charge in [-0.3, -0.25) is 4.70 Å². The standard InChI is InChI=1S/C8H10FSi.FH/c1-10(2)8-5-3-7(9)4-6-8;/h3-6H,1-2H3;1H. The monoisotopic (exact) mass is 173 g/mol. The molecule has 0 saturated carbocycles. The molecule has 0 saturated heterocycles. The summed E-state index contributed by atoms with van der Waals surface area (Å²) in [5.74, 6) is -0.146. The lowest BCUT2D eigenvalue weighted by Crippen LogP contribution is -2.21. The highest BCUT2D eigenvalue weighted by Crippen LogP contribution is 1.93. The fourth-order valence-corrected chi connectivity index (χ4v) is 1.62. The van der Waals surface area contributed by atoms with E-state index in [1.54, 1.807) is 0 Å². The number of hydrogen-bond acceptors (Lipinski definition) is 0. The highest BCUT2D eigenvalue weighted by atomic mass is 28.3. The average Bonchev–Trinajstić information content (AvgIpc) is 1.88. The molecule has 0 bridgehead atoms. The van der Waals surface area contributed by atoms with Gasteiger partial charge in [-0.1, -0.05) is 30.4 Å².